The third-order valence-electron chi connectivity index (χ3n) is 3.91. The van der Waals surface area contributed by atoms with E-state index >= 15 is 0 Å². The quantitative estimate of drug-likeness (QED) is 0.583. The SMILES string of the molecule is O=[N+]([O-])c1ccc(Nc2ncc3c(n2)-c2ccccc2C=NC3)cc1. The maximum atomic E-state index is 10.7. The van der Waals surface area contributed by atoms with Crippen molar-refractivity contribution in [3.63, 3.8) is 0 Å². The molecule has 0 aliphatic carbocycles. The zero-order valence-corrected chi connectivity index (χ0v) is 13.1. The lowest BCUT2D eigenvalue weighted by Gasteiger charge is -2.10. The molecule has 0 saturated heterocycles. The predicted octanol–water partition coefficient (Wildman–Crippen LogP) is 3.73. The minimum Gasteiger partial charge on any atom is -0.324 e. The molecule has 4 rings (SSSR count). The summed E-state index contributed by atoms with van der Waals surface area (Å²) in [6, 6.07) is 14.1. The highest BCUT2D eigenvalue weighted by molar-refractivity contribution is 5.91. The number of nitrogens with one attached hydrogen (secondary N) is 1. The Labute approximate surface area is 143 Å². The van der Waals surface area contributed by atoms with Crippen molar-refractivity contribution in [1.82, 2.24) is 9.97 Å². The van der Waals surface area contributed by atoms with Crippen LogP contribution in [0.2, 0.25) is 0 Å². The Morgan fingerprint density at radius 3 is 2.68 bits per heavy atom. The number of hydrogen-bond acceptors (Lipinski definition) is 6. The van der Waals surface area contributed by atoms with Crippen LogP contribution in [0, 0.1) is 10.1 Å². The molecule has 0 fully saturated rings. The van der Waals surface area contributed by atoms with Crippen LogP contribution in [0.15, 0.2) is 59.7 Å². The van der Waals surface area contributed by atoms with Crippen molar-refractivity contribution in [3.05, 3.63) is 76.0 Å². The molecule has 7 nitrogen and oxygen atoms in total. The van der Waals surface area contributed by atoms with E-state index in [2.05, 4.69) is 20.3 Å². The molecule has 0 amide bonds. The fourth-order valence-corrected chi connectivity index (χ4v) is 2.68. The summed E-state index contributed by atoms with van der Waals surface area (Å²) in [7, 11) is 0. The van der Waals surface area contributed by atoms with Crippen LogP contribution in [0.3, 0.4) is 0 Å². The topological polar surface area (TPSA) is 93.3 Å². The number of aromatic nitrogens is 2. The van der Waals surface area contributed by atoms with Gasteiger partial charge >= 0.3 is 0 Å². The molecule has 2 aromatic carbocycles. The van der Waals surface area contributed by atoms with Gasteiger partial charge in [-0.05, 0) is 12.1 Å². The number of non-ortho nitro benzene ring substituents is 1. The maximum absolute atomic E-state index is 10.7. The number of aliphatic imine (C=N–C) groups is 1. The minimum atomic E-state index is -0.431. The fraction of sp³-hybridized carbons (Fsp3) is 0.0556. The number of nitrogens with zero attached hydrogens (tertiary/aromatic N) is 4. The summed E-state index contributed by atoms with van der Waals surface area (Å²) in [5.41, 5.74) is 4.54. The Balaban J connectivity index is 1.68. The highest BCUT2D eigenvalue weighted by Crippen LogP contribution is 2.28. The number of fused-ring (bicyclic) bond motifs is 3. The van der Waals surface area contributed by atoms with Gasteiger partial charge in [0.25, 0.3) is 5.69 Å². The fourth-order valence-electron chi connectivity index (χ4n) is 2.68. The van der Waals surface area contributed by atoms with E-state index in [-0.39, 0.29) is 5.69 Å². The van der Waals surface area contributed by atoms with E-state index < -0.39 is 4.92 Å². The normalized spacial score (nSPS) is 12.0. The molecule has 0 saturated carbocycles. The molecule has 25 heavy (non-hydrogen) atoms. The average Bonchev–Trinajstić information content (AvgIpc) is 2.81. The molecule has 7 heteroatoms. The zero-order chi connectivity index (χ0) is 17.2. The molecule has 0 spiro atoms. The van der Waals surface area contributed by atoms with Crippen LogP contribution in [-0.4, -0.2) is 21.1 Å². The summed E-state index contributed by atoms with van der Waals surface area (Å²) in [5.74, 6) is 0.435. The second-order valence-corrected chi connectivity index (χ2v) is 5.55. The summed E-state index contributed by atoms with van der Waals surface area (Å²) in [6.07, 6.45) is 3.61. The second kappa shape index (κ2) is 6.12. The summed E-state index contributed by atoms with van der Waals surface area (Å²) in [5, 5.41) is 13.8. The van der Waals surface area contributed by atoms with E-state index in [9.17, 15) is 10.1 Å². The van der Waals surface area contributed by atoms with Crippen LogP contribution in [-0.2, 0) is 6.54 Å². The average molecular weight is 331 g/mol. The maximum Gasteiger partial charge on any atom is 0.269 e. The largest absolute Gasteiger partial charge is 0.324 e. The third kappa shape index (κ3) is 2.94. The van der Waals surface area contributed by atoms with Gasteiger partial charge in [0.2, 0.25) is 5.95 Å². The van der Waals surface area contributed by atoms with E-state index in [1.54, 1.807) is 18.3 Å². The molecule has 0 unspecified atom stereocenters. The van der Waals surface area contributed by atoms with Crippen LogP contribution in [0.25, 0.3) is 11.3 Å². The van der Waals surface area contributed by atoms with Gasteiger partial charge in [0.05, 0.1) is 17.2 Å². The van der Waals surface area contributed by atoms with Crippen molar-refractivity contribution in [2.24, 2.45) is 4.99 Å². The summed E-state index contributed by atoms with van der Waals surface area (Å²) in [4.78, 5) is 23.7. The van der Waals surface area contributed by atoms with Crippen molar-refractivity contribution >= 4 is 23.5 Å². The summed E-state index contributed by atoms with van der Waals surface area (Å²) >= 11 is 0. The van der Waals surface area contributed by atoms with Crippen LogP contribution in [0.4, 0.5) is 17.3 Å². The molecule has 0 bridgehead atoms. The summed E-state index contributed by atoms with van der Waals surface area (Å²) in [6.45, 7) is 0.530. The zero-order valence-electron chi connectivity index (χ0n) is 13.1. The van der Waals surface area contributed by atoms with Crippen LogP contribution in [0.5, 0.6) is 0 Å². The van der Waals surface area contributed by atoms with Crippen molar-refractivity contribution in [2.45, 2.75) is 6.54 Å². The molecule has 1 aliphatic heterocycles. The lowest BCUT2D eigenvalue weighted by molar-refractivity contribution is -0.384. The number of benzene rings is 2. The Bertz CT molecular complexity index is 983. The number of anilines is 2. The molecule has 3 aromatic rings. The Kier molecular flexibility index (Phi) is 3.66. The lowest BCUT2D eigenvalue weighted by Crippen LogP contribution is -2.01. The first kappa shape index (κ1) is 14.9. The molecule has 1 aliphatic rings. The monoisotopic (exact) mass is 331 g/mol. The first-order valence-electron chi connectivity index (χ1n) is 7.67. The molecule has 1 N–H and O–H groups in total. The van der Waals surface area contributed by atoms with E-state index in [1.165, 1.54) is 12.1 Å². The van der Waals surface area contributed by atoms with E-state index in [0.29, 0.717) is 18.2 Å². The van der Waals surface area contributed by atoms with E-state index in [4.69, 9.17) is 0 Å². The number of rotatable bonds is 3. The minimum absolute atomic E-state index is 0.0412. The Hall–Kier alpha value is -3.61. The molecular weight excluding hydrogens is 318 g/mol. The van der Waals surface area contributed by atoms with Gasteiger partial charge < -0.3 is 5.32 Å². The van der Waals surface area contributed by atoms with Gasteiger partial charge in [0.15, 0.2) is 0 Å². The standard InChI is InChI=1S/C18H13N5O2/c24-23(25)15-7-5-14(6-8-15)21-18-20-11-13-10-19-9-12-3-1-2-4-16(12)17(13)22-18/h1-9,11H,10H2,(H,20,21,22). The number of nitro groups is 1. The van der Waals surface area contributed by atoms with Gasteiger partial charge in [-0.15, -0.1) is 0 Å². The first-order valence-corrected chi connectivity index (χ1v) is 7.67. The third-order valence-corrected chi connectivity index (χ3v) is 3.91. The van der Waals surface area contributed by atoms with E-state index in [0.717, 1.165) is 22.4 Å². The highest BCUT2D eigenvalue weighted by atomic mass is 16.6. The van der Waals surface area contributed by atoms with Gasteiger partial charge in [-0.25, -0.2) is 9.97 Å². The van der Waals surface area contributed by atoms with Crippen LogP contribution < -0.4 is 5.32 Å². The van der Waals surface area contributed by atoms with Crippen LogP contribution >= 0.6 is 0 Å². The Morgan fingerprint density at radius 1 is 1.08 bits per heavy atom. The molecule has 2 heterocycles. The van der Waals surface area contributed by atoms with Crippen molar-refractivity contribution < 1.29 is 4.92 Å². The number of hydrogen-bond donors (Lipinski definition) is 1. The van der Waals surface area contributed by atoms with Crippen molar-refractivity contribution in [2.75, 3.05) is 5.32 Å². The highest BCUT2D eigenvalue weighted by Gasteiger charge is 2.15. The van der Waals surface area contributed by atoms with Gasteiger partial charge in [-0.3, -0.25) is 15.1 Å². The molecule has 0 radical (unpaired) electrons. The van der Waals surface area contributed by atoms with Crippen molar-refractivity contribution in [1.29, 1.82) is 0 Å². The first-order chi connectivity index (χ1) is 12.2. The van der Waals surface area contributed by atoms with Crippen molar-refractivity contribution in [3.8, 4) is 11.3 Å². The molecule has 0 atom stereocenters. The van der Waals surface area contributed by atoms with Crippen LogP contribution in [0.1, 0.15) is 11.1 Å². The van der Waals surface area contributed by atoms with Gasteiger partial charge in [0.1, 0.15) is 0 Å². The molecular formula is C18H13N5O2. The van der Waals surface area contributed by atoms with Gasteiger partial charge in [-0.1, -0.05) is 24.3 Å². The smallest absolute Gasteiger partial charge is 0.269 e. The number of nitro benzene ring substituents is 1. The molecule has 1 aromatic heterocycles. The Morgan fingerprint density at radius 2 is 1.88 bits per heavy atom. The van der Waals surface area contributed by atoms with Gasteiger partial charge in [-0.2, -0.15) is 0 Å². The van der Waals surface area contributed by atoms with Gasteiger partial charge in [0, 0.05) is 46.9 Å². The lowest BCUT2D eigenvalue weighted by atomic mass is 10.0. The van der Waals surface area contributed by atoms with E-state index in [1.807, 2.05) is 30.5 Å². The molecule has 122 valence electrons. The summed E-state index contributed by atoms with van der Waals surface area (Å²) < 4.78 is 0. The predicted molar refractivity (Wildman–Crippen MR) is 95.1 cm³/mol. The second-order valence-electron chi connectivity index (χ2n) is 5.55.